The van der Waals surface area contributed by atoms with Gasteiger partial charge in [0.25, 0.3) is 0 Å². The van der Waals surface area contributed by atoms with Crippen molar-refractivity contribution in [2.45, 2.75) is 11.3 Å². The van der Waals surface area contributed by atoms with Gasteiger partial charge in [-0.25, -0.2) is 4.68 Å². The zero-order valence-corrected chi connectivity index (χ0v) is 9.22. The van der Waals surface area contributed by atoms with E-state index in [1.807, 2.05) is 0 Å². The van der Waals surface area contributed by atoms with Crippen molar-refractivity contribution >= 4 is 11.8 Å². The minimum absolute atomic E-state index is 0.0347. The van der Waals surface area contributed by atoms with Gasteiger partial charge in [-0.3, -0.25) is 0 Å². The van der Waals surface area contributed by atoms with Crippen molar-refractivity contribution in [3.8, 4) is 0 Å². The minimum atomic E-state index is -0.585. The fourth-order valence-corrected chi connectivity index (χ4v) is 1.60. The maximum Gasteiger partial charge on any atom is 0.209 e. The number of rotatable bonds is 7. The molecule has 0 saturated heterocycles. The summed E-state index contributed by atoms with van der Waals surface area (Å²) in [6.07, 6.45) is -0.585. The molecule has 0 spiro atoms. The van der Waals surface area contributed by atoms with Crippen molar-refractivity contribution < 1.29 is 14.9 Å². The van der Waals surface area contributed by atoms with Crippen LogP contribution in [0.15, 0.2) is 5.16 Å². The summed E-state index contributed by atoms with van der Waals surface area (Å²) in [7, 11) is 1.73. The summed E-state index contributed by atoms with van der Waals surface area (Å²) in [6.45, 7) is 0.416. The highest BCUT2D eigenvalue weighted by molar-refractivity contribution is 7.99. The number of nitrogens with zero attached hydrogens (tertiary/aromatic N) is 4. The smallest absolute Gasteiger partial charge is 0.209 e. The Labute approximate surface area is 91.4 Å². The second-order valence-corrected chi connectivity index (χ2v) is 3.84. The molecule has 15 heavy (non-hydrogen) atoms. The van der Waals surface area contributed by atoms with Gasteiger partial charge in [-0.1, -0.05) is 11.8 Å². The molecule has 0 amide bonds. The Morgan fingerprint density at radius 2 is 2.40 bits per heavy atom. The van der Waals surface area contributed by atoms with Gasteiger partial charge in [-0.05, 0) is 10.4 Å². The molecule has 7 nitrogen and oxygen atoms in total. The Kier molecular flexibility index (Phi) is 5.54. The van der Waals surface area contributed by atoms with E-state index in [0.29, 0.717) is 10.9 Å². The number of ether oxygens (including phenoxy) is 1. The summed E-state index contributed by atoms with van der Waals surface area (Å²) in [5, 5.41) is 29.5. The number of aryl methyl sites for hydroxylation is 1. The van der Waals surface area contributed by atoms with Gasteiger partial charge >= 0.3 is 0 Å². The summed E-state index contributed by atoms with van der Waals surface area (Å²) < 4.78 is 6.51. The second-order valence-electron chi connectivity index (χ2n) is 2.85. The highest BCUT2D eigenvalue weighted by Gasteiger charge is 2.08. The van der Waals surface area contributed by atoms with E-state index >= 15 is 0 Å². The van der Waals surface area contributed by atoms with Crippen molar-refractivity contribution in [2.24, 2.45) is 7.05 Å². The molecule has 0 aromatic carbocycles. The number of aliphatic hydroxyl groups excluding tert-OH is 2. The normalized spacial score (nSPS) is 13.0. The molecule has 2 N–H and O–H groups in total. The first-order valence-electron chi connectivity index (χ1n) is 4.46. The van der Waals surface area contributed by atoms with Crippen LogP contribution in [-0.2, 0) is 11.8 Å². The van der Waals surface area contributed by atoms with Crippen LogP contribution < -0.4 is 0 Å². The van der Waals surface area contributed by atoms with Crippen molar-refractivity contribution in [3.63, 3.8) is 0 Å². The van der Waals surface area contributed by atoms with E-state index in [1.54, 1.807) is 7.05 Å². The molecule has 0 aliphatic rings. The molecular formula is C7H14N4O3S. The van der Waals surface area contributed by atoms with Crippen LogP contribution in [-0.4, -0.2) is 62.1 Å². The van der Waals surface area contributed by atoms with Crippen LogP contribution in [0.5, 0.6) is 0 Å². The topological polar surface area (TPSA) is 93.3 Å². The molecule has 1 aromatic heterocycles. The Bertz CT molecular complexity index is 283. The fourth-order valence-electron chi connectivity index (χ4n) is 0.846. The SMILES string of the molecule is Cn1nnnc1SC[C@@H](O)COCCO. The predicted octanol–water partition coefficient (Wildman–Crippen LogP) is -1.33. The first-order chi connectivity index (χ1) is 7.24. The zero-order chi connectivity index (χ0) is 11.1. The van der Waals surface area contributed by atoms with Gasteiger partial charge in [-0.15, -0.1) is 5.10 Å². The highest BCUT2D eigenvalue weighted by atomic mass is 32.2. The number of hydrogen-bond donors (Lipinski definition) is 2. The average Bonchev–Trinajstić information content (AvgIpc) is 2.61. The summed E-state index contributed by atoms with van der Waals surface area (Å²) in [6, 6.07) is 0. The third-order valence-corrected chi connectivity index (χ3v) is 2.69. The lowest BCUT2D eigenvalue weighted by Crippen LogP contribution is -2.19. The summed E-state index contributed by atoms with van der Waals surface area (Å²) >= 11 is 1.35. The molecule has 1 atom stereocenters. The minimum Gasteiger partial charge on any atom is -0.394 e. The van der Waals surface area contributed by atoms with Gasteiger partial charge in [0.15, 0.2) is 0 Å². The molecule has 1 heterocycles. The number of tetrazole rings is 1. The number of thioether (sulfide) groups is 1. The van der Waals surface area contributed by atoms with Crippen LogP contribution in [0.3, 0.4) is 0 Å². The monoisotopic (exact) mass is 234 g/mol. The Morgan fingerprint density at radius 3 is 3.00 bits per heavy atom. The van der Waals surface area contributed by atoms with Gasteiger partial charge in [0.2, 0.25) is 5.16 Å². The average molecular weight is 234 g/mol. The van der Waals surface area contributed by atoms with E-state index in [4.69, 9.17) is 9.84 Å². The zero-order valence-electron chi connectivity index (χ0n) is 8.41. The maximum absolute atomic E-state index is 9.46. The van der Waals surface area contributed by atoms with E-state index in [2.05, 4.69) is 15.5 Å². The van der Waals surface area contributed by atoms with Crippen LogP contribution >= 0.6 is 11.8 Å². The van der Waals surface area contributed by atoms with E-state index < -0.39 is 6.10 Å². The van der Waals surface area contributed by atoms with Crippen LogP contribution in [0, 0.1) is 0 Å². The van der Waals surface area contributed by atoms with E-state index in [0.717, 1.165) is 0 Å². The predicted molar refractivity (Wildman–Crippen MR) is 53.4 cm³/mol. The quantitative estimate of drug-likeness (QED) is 0.446. The lowest BCUT2D eigenvalue weighted by atomic mass is 10.4. The van der Waals surface area contributed by atoms with Gasteiger partial charge in [0.05, 0.1) is 25.9 Å². The first-order valence-corrected chi connectivity index (χ1v) is 5.44. The molecule has 0 saturated carbocycles. The van der Waals surface area contributed by atoms with Gasteiger partial charge in [0, 0.05) is 12.8 Å². The third-order valence-electron chi connectivity index (χ3n) is 1.53. The molecule has 0 aliphatic carbocycles. The summed E-state index contributed by atoms with van der Waals surface area (Å²) in [5.74, 6) is 0.458. The maximum atomic E-state index is 9.46. The molecule has 0 radical (unpaired) electrons. The van der Waals surface area contributed by atoms with Crippen LogP contribution in [0.2, 0.25) is 0 Å². The summed E-state index contributed by atoms with van der Waals surface area (Å²) in [5.41, 5.74) is 0. The van der Waals surface area contributed by atoms with E-state index in [-0.39, 0.29) is 19.8 Å². The van der Waals surface area contributed by atoms with Crippen LogP contribution in [0.4, 0.5) is 0 Å². The molecule has 8 heteroatoms. The molecule has 1 rings (SSSR count). The van der Waals surface area contributed by atoms with Crippen LogP contribution in [0.1, 0.15) is 0 Å². The number of aromatic nitrogens is 4. The van der Waals surface area contributed by atoms with Gasteiger partial charge < -0.3 is 14.9 Å². The first kappa shape index (κ1) is 12.4. The molecule has 0 fully saturated rings. The largest absolute Gasteiger partial charge is 0.394 e. The van der Waals surface area contributed by atoms with Crippen LogP contribution in [0.25, 0.3) is 0 Å². The van der Waals surface area contributed by atoms with Gasteiger partial charge in [0.1, 0.15) is 0 Å². The third kappa shape index (κ3) is 4.56. The highest BCUT2D eigenvalue weighted by Crippen LogP contribution is 2.13. The van der Waals surface area contributed by atoms with Crippen molar-refractivity contribution in [3.05, 3.63) is 0 Å². The molecule has 0 aliphatic heterocycles. The second kappa shape index (κ2) is 6.72. The number of aliphatic hydroxyl groups is 2. The molecule has 1 aromatic rings. The number of hydrogen-bond acceptors (Lipinski definition) is 7. The standard InChI is InChI=1S/C7H14N4O3S/c1-11-7(8-9-10-11)15-5-6(13)4-14-3-2-12/h6,12-13H,2-5H2,1H3/t6-/m0/s1. The molecule has 0 bridgehead atoms. The van der Waals surface area contributed by atoms with Gasteiger partial charge in [-0.2, -0.15) is 0 Å². The van der Waals surface area contributed by atoms with E-state index in [9.17, 15) is 5.11 Å². The lowest BCUT2D eigenvalue weighted by molar-refractivity contribution is 0.0311. The van der Waals surface area contributed by atoms with E-state index in [1.165, 1.54) is 16.4 Å². The fraction of sp³-hybridized carbons (Fsp3) is 0.857. The van der Waals surface area contributed by atoms with Crippen molar-refractivity contribution in [2.75, 3.05) is 25.6 Å². The molecular weight excluding hydrogens is 220 g/mol. The molecule has 86 valence electrons. The van der Waals surface area contributed by atoms with Crippen molar-refractivity contribution in [1.82, 2.24) is 20.2 Å². The molecule has 0 unspecified atom stereocenters. The Balaban J connectivity index is 2.16. The Morgan fingerprint density at radius 1 is 1.60 bits per heavy atom. The van der Waals surface area contributed by atoms with Crippen molar-refractivity contribution in [1.29, 1.82) is 0 Å². The summed E-state index contributed by atoms with van der Waals surface area (Å²) in [4.78, 5) is 0. The Hall–Kier alpha value is -0.700. The lowest BCUT2D eigenvalue weighted by Gasteiger charge is -2.09.